The summed E-state index contributed by atoms with van der Waals surface area (Å²) >= 11 is 0. The molecule has 1 aliphatic heterocycles. The summed E-state index contributed by atoms with van der Waals surface area (Å²) in [6.45, 7) is 1.68. The van der Waals surface area contributed by atoms with Gasteiger partial charge in [0, 0.05) is 38.0 Å². The summed E-state index contributed by atoms with van der Waals surface area (Å²) in [6.07, 6.45) is 3.74. The van der Waals surface area contributed by atoms with E-state index in [1.807, 2.05) is 7.05 Å². The van der Waals surface area contributed by atoms with Crippen molar-refractivity contribution in [2.24, 2.45) is 0 Å². The molecule has 1 unspecified atom stereocenters. The van der Waals surface area contributed by atoms with E-state index in [1.54, 1.807) is 12.1 Å². The maximum Gasteiger partial charge on any atom is 0.269 e. The van der Waals surface area contributed by atoms with Crippen LogP contribution < -0.4 is 4.90 Å². The van der Waals surface area contributed by atoms with Crippen LogP contribution in [0.5, 0.6) is 0 Å². The van der Waals surface area contributed by atoms with Crippen LogP contribution in [0.1, 0.15) is 19.3 Å². The molecule has 98 valence electrons. The van der Waals surface area contributed by atoms with Crippen LogP contribution in [0.2, 0.25) is 0 Å². The molecule has 0 aliphatic carbocycles. The Hall–Kier alpha value is -1.62. The van der Waals surface area contributed by atoms with Gasteiger partial charge in [0.25, 0.3) is 5.69 Å². The number of rotatable bonds is 4. The predicted octanol–water partition coefficient (Wildman–Crippen LogP) is 2.60. The highest BCUT2D eigenvalue weighted by atomic mass is 16.6. The molecular weight excluding hydrogens is 232 g/mol. The second-order valence-electron chi connectivity index (χ2n) is 4.64. The Labute approximate surface area is 107 Å². The summed E-state index contributed by atoms with van der Waals surface area (Å²) < 4.78 is 5.68. The van der Waals surface area contributed by atoms with Gasteiger partial charge in [-0.15, -0.1) is 0 Å². The van der Waals surface area contributed by atoms with Crippen LogP contribution in [0.25, 0.3) is 0 Å². The van der Waals surface area contributed by atoms with Gasteiger partial charge >= 0.3 is 0 Å². The van der Waals surface area contributed by atoms with E-state index in [-0.39, 0.29) is 16.7 Å². The maximum absolute atomic E-state index is 10.6. The second kappa shape index (κ2) is 5.82. The number of non-ortho nitro benzene ring substituents is 1. The molecule has 0 bridgehead atoms. The van der Waals surface area contributed by atoms with Crippen molar-refractivity contribution in [3.63, 3.8) is 0 Å². The topological polar surface area (TPSA) is 55.6 Å². The van der Waals surface area contributed by atoms with Gasteiger partial charge in [-0.2, -0.15) is 0 Å². The lowest BCUT2D eigenvalue weighted by Crippen LogP contribution is -2.33. The van der Waals surface area contributed by atoms with E-state index >= 15 is 0 Å². The van der Waals surface area contributed by atoms with Gasteiger partial charge in [0.15, 0.2) is 0 Å². The number of nitrogens with zero attached hydrogens (tertiary/aromatic N) is 2. The summed E-state index contributed by atoms with van der Waals surface area (Å²) in [5.74, 6) is 0. The lowest BCUT2D eigenvalue weighted by atomic mass is 10.1. The van der Waals surface area contributed by atoms with Crippen molar-refractivity contribution >= 4 is 11.4 Å². The fraction of sp³-hybridized carbons (Fsp3) is 0.538. The molecule has 5 nitrogen and oxygen atoms in total. The fourth-order valence-corrected chi connectivity index (χ4v) is 2.19. The molecule has 1 aromatic rings. The molecule has 0 amide bonds. The molecule has 1 aromatic carbocycles. The molecule has 18 heavy (non-hydrogen) atoms. The summed E-state index contributed by atoms with van der Waals surface area (Å²) in [5, 5.41) is 10.6. The third kappa shape index (κ3) is 3.20. The number of benzene rings is 1. The van der Waals surface area contributed by atoms with Crippen LogP contribution >= 0.6 is 0 Å². The van der Waals surface area contributed by atoms with Crippen molar-refractivity contribution in [1.82, 2.24) is 0 Å². The maximum atomic E-state index is 10.6. The Bertz CT molecular complexity index is 399. The average Bonchev–Trinajstić information content (AvgIpc) is 2.40. The van der Waals surface area contributed by atoms with Crippen LogP contribution in [-0.2, 0) is 4.74 Å². The van der Waals surface area contributed by atoms with E-state index in [0.717, 1.165) is 31.7 Å². The monoisotopic (exact) mass is 250 g/mol. The molecule has 1 heterocycles. The van der Waals surface area contributed by atoms with Gasteiger partial charge in [-0.25, -0.2) is 0 Å². The van der Waals surface area contributed by atoms with E-state index in [1.165, 1.54) is 18.6 Å². The van der Waals surface area contributed by atoms with Crippen molar-refractivity contribution in [3.05, 3.63) is 34.4 Å². The van der Waals surface area contributed by atoms with Crippen molar-refractivity contribution < 1.29 is 9.66 Å². The zero-order valence-electron chi connectivity index (χ0n) is 10.5. The first-order chi connectivity index (χ1) is 8.66. The fourth-order valence-electron chi connectivity index (χ4n) is 2.19. The molecule has 0 saturated carbocycles. The smallest absolute Gasteiger partial charge is 0.269 e. The van der Waals surface area contributed by atoms with Gasteiger partial charge < -0.3 is 9.64 Å². The summed E-state index contributed by atoms with van der Waals surface area (Å²) in [4.78, 5) is 12.3. The second-order valence-corrected chi connectivity index (χ2v) is 4.64. The molecule has 0 N–H and O–H groups in total. The van der Waals surface area contributed by atoms with Gasteiger partial charge in [-0.1, -0.05) is 0 Å². The van der Waals surface area contributed by atoms with E-state index in [2.05, 4.69) is 4.90 Å². The van der Waals surface area contributed by atoms with Crippen LogP contribution in [0.3, 0.4) is 0 Å². The predicted molar refractivity (Wildman–Crippen MR) is 70.0 cm³/mol. The first-order valence-electron chi connectivity index (χ1n) is 6.24. The Morgan fingerprint density at radius 3 is 2.67 bits per heavy atom. The third-order valence-corrected chi connectivity index (χ3v) is 3.25. The third-order valence-electron chi connectivity index (χ3n) is 3.25. The zero-order valence-corrected chi connectivity index (χ0v) is 10.5. The molecule has 1 atom stereocenters. The number of hydrogen-bond acceptors (Lipinski definition) is 4. The number of likely N-dealkylation sites (N-methyl/N-ethyl adjacent to an activating group) is 1. The molecule has 1 saturated heterocycles. The van der Waals surface area contributed by atoms with E-state index in [0.29, 0.717) is 0 Å². The Morgan fingerprint density at radius 1 is 1.39 bits per heavy atom. The van der Waals surface area contributed by atoms with Crippen molar-refractivity contribution in [2.75, 3.05) is 25.1 Å². The van der Waals surface area contributed by atoms with Crippen LogP contribution in [-0.4, -0.2) is 31.2 Å². The van der Waals surface area contributed by atoms with Gasteiger partial charge in [-0.05, 0) is 31.4 Å². The highest BCUT2D eigenvalue weighted by molar-refractivity contribution is 5.50. The minimum Gasteiger partial charge on any atom is -0.376 e. The number of ether oxygens (including phenoxy) is 1. The first-order valence-corrected chi connectivity index (χ1v) is 6.24. The Morgan fingerprint density at radius 2 is 2.11 bits per heavy atom. The minimum atomic E-state index is -0.381. The van der Waals surface area contributed by atoms with Crippen molar-refractivity contribution in [1.29, 1.82) is 0 Å². The number of nitro benzene ring substituents is 1. The van der Waals surface area contributed by atoms with E-state index in [9.17, 15) is 10.1 Å². The molecule has 0 spiro atoms. The molecule has 5 heteroatoms. The van der Waals surface area contributed by atoms with E-state index < -0.39 is 0 Å². The normalized spacial score (nSPS) is 19.5. The van der Waals surface area contributed by atoms with Gasteiger partial charge in [0.05, 0.1) is 11.0 Å². The molecule has 0 aromatic heterocycles. The minimum absolute atomic E-state index is 0.126. The number of nitro groups is 1. The summed E-state index contributed by atoms with van der Waals surface area (Å²) in [6, 6.07) is 6.63. The quantitative estimate of drug-likeness (QED) is 0.609. The summed E-state index contributed by atoms with van der Waals surface area (Å²) in [5.41, 5.74) is 1.11. The standard InChI is InChI=1S/C13H18N2O3/c1-14(10-13-4-2-3-9-18-13)11-5-7-12(8-6-11)15(16)17/h5-8,13H,2-4,9-10H2,1H3. The Kier molecular flexibility index (Phi) is 4.15. The number of hydrogen-bond donors (Lipinski definition) is 0. The molecular formula is C13H18N2O3. The number of anilines is 1. The average molecular weight is 250 g/mol. The summed E-state index contributed by atoms with van der Waals surface area (Å²) in [7, 11) is 1.99. The van der Waals surface area contributed by atoms with E-state index in [4.69, 9.17) is 4.74 Å². The van der Waals surface area contributed by atoms with Crippen LogP contribution in [0.4, 0.5) is 11.4 Å². The zero-order chi connectivity index (χ0) is 13.0. The molecule has 1 fully saturated rings. The largest absolute Gasteiger partial charge is 0.376 e. The van der Waals surface area contributed by atoms with Crippen molar-refractivity contribution in [2.45, 2.75) is 25.4 Å². The van der Waals surface area contributed by atoms with Gasteiger partial charge in [0.1, 0.15) is 0 Å². The highest BCUT2D eigenvalue weighted by Crippen LogP contribution is 2.20. The van der Waals surface area contributed by atoms with Crippen molar-refractivity contribution in [3.8, 4) is 0 Å². The molecule has 1 aliphatic rings. The Balaban J connectivity index is 1.95. The highest BCUT2D eigenvalue weighted by Gasteiger charge is 2.16. The van der Waals surface area contributed by atoms with Gasteiger partial charge in [-0.3, -0.25) is 10.1 Å². The van der Waals surface area contributed by atoms with Crippen LogP contribution in [0, 0.1) is 10.1 Å². The first kappa shape index (κ1) is 12.8. The van der Waals surface area contributed by atoms with Gasteiger partial charge in [0.2, 0.25) is 0 Å². The SMILES string of the molecule is CN(CC1CCCCO1)c1ccc([N+](=O)[O-])cc1. The lowest BCUT2D eigenvalue weighted by molar-refractivity contribution is -0.384. The molecule has 0 radical (unpaired) electrons. The molecule has 2 rings (SSSR count). The van der Waals surface area contributed by atoms with Crippen LogP contribution in [0.15, 0.2) is 24.3 Å². The lowest BCUT2D eigenvalue weighted by Gasteiger charge is -2.28.